The van der Waals surface area contributed by atoms with Gasteiger partial charge in [-0.3, -0.25) is 9.78 Å². The molecule has 3 aromatic rings. The van der Waals surface area contributed by atoms with Crippen LogP contribution in [0.15, 0.2) is 48.5 Å². The number of benzene rings is 2. The number of nitrogens with zero attached hydrogens (tertiary/aromatic N) is 2. The summed E-state index contributed by atoms with van der Waals surface area (Å²) in [6, 6.07) is 15.9. The Kier molecular flexibility index (Phi) is 4.81. The summed E-state index contributed by atoms with van der Waals surface area (Å²) in [6.07, 6.45) is 4.22. The highest BCUT2D eigenvalue weighted by atomic mass is 16.5. The summed E-state index contributed by atoms with van der Waals surface area (Å²) in [5.74, 6) is 2.09. The average molecular weight is 402 g/mol. The Balaban J connectivity index is 1.55. The first kappa shape index (κ1) is 18.9. The fourth-order valence-electron chi connectivity index (χ4n) is 4.54. The van der Waals surface area contributed by atoms with Crippen LogP contribution in [0.3, 0.4) is 0 Å². The largest absolute Gasteiger partial charge is 0.497 e. The van der Waals surface area contributed by atoms with Crippen LogP contribution in [-0.4, -0.2) is 36.6 Å². The summed E-state index contributed by atoms with van der Waals surface area (Å²) in [5, 5.41) is 0.930. The molecule has 1 saturated carbocycles. The first-order valence-corrected chi connectivity index (χ1v) is 10.6. The van der Waals surface area contributed by atoms with Crippen molar-refractivity contribution in [2.24, 2.45) is 0 Å². The molecule has 5 rings (SSSR count). The van der Waals surface area contributed by atoms with Crippen LogP contribution in [0.5, 0.6) is 11.5 Å². The fraction of sp³-hybridized carbons (Fsp3) is 0.360. The van der Waals surface area contributed by atoms with Gasteiger partial charge in [-0.15, -0.1) is 0 Å². The monoisotopic (exact) mass is 402 g/mol. The molecular formula is C25H26N2O3. The zero-order chi connectivity index (χ0) is 20.7. The topological polar surface area (TPSA) is 51.7 Å². The van der Waals surface area contributed by atoms with Crippen molar-refractivity contribution >= 4 is 16.8 Å². The van der Waals surface area contributed by atoms with Crippen LogP contribution >= 0.6 is 0 Å². The van der Waals surface area contributed by atoms with Crippen LogP contribution in [0.1, 0.15) is 59.3 Å². The normalized spacial score (nSPS) is 18.6. The summed E-state index contributed by atoms with van der Waals surface area (Å²) in [6.45, 7) is 0.744. The van der Waals surface area contributed by atoms with Gasteiger partial charge in [0.05, 0.1) is 31.3 Å². The molecule has 30 heavy (non-hydrogen) atoms. The van der Waals surface area contributed by atoms with Gasteiger partial charge < -0.3 is 14.4 Å². The van der Waals surface area contributed by atoms with Crippen LogP contribution < -0.4 is 9.47 Å². The highest BCUT2D eigenvalue weighted by Crippen LogP contribution is 2.42. The summed E-state index contributed by atoms with van der Waals surface area (Å²) in [7, 11) is 3.31. The Hall–Kier alpha value is -3.08. The highest BCUT2D eigenvalue weighted by Gasteiger charge is 2.34. The third-order valence-electron chi connectivity index (χ3n) is 6.28. The third kappa shape index (κ3) is 3.28. The summed E-state index contributed by atoms with van der Waals surface area (Å²) in [4.78, 5) is 20.6. The number of pyridine rings is 1. The van der Waals surface area contributed by atoms with Crippen LogP contribution in [0.25, 0.3) is 10.9 Å². The molecule has 2 heterocycles. The van der Waals surface area contributed by atoms with Gasteiger partial charge in [0, 0.05) is 35.2 Å². The van der Waals surface area contributed by atoms with Gasteiger partial charge in [-0.25, -0.2) is 0 Å². The maximum Gasteiger partial charge on any atom is 0.255 e. The Morgan fingerprint density at radius 1 is 1.03 bits per heavy atom. The molecule has 0 radical (unpaired) electrons. The van der Waals surface area contributed by atoms with E-state index in [1.165, 1.54) is 0 Å². The maximum absolute atomic E-state index is 13.8. The molecule has 1 aliphatic heterocycles. The molecule has 5 heteroatoms. The Morgan fingerprint density at radius 2 is 1.87 bits per heavy atom. The number of hydrogen-bond donors (Lipinski definition) is 0. The van der Waals surface area contributed by atoms with Crippen LogP contribution in [0.4, 0.5) is 0 Å². The molecule has 1 atom stereocenters. The number of carbonyl (C=O) groups is 1. The smallest absolute Gasteiger partial charge is 0.255 e. The second-order valence-electron chi connectivity index (χ2n) is 8.15. The minimum absolute atomic E-state index is 0.00495. The van der Waals surface area contributed by atoms with E-state index in [0.29, 0.717) is 5.92 Å². The van der Waals surface area contributed by atoms with Crippen LogP contribution in [-0.2, 0) is 0 Å². The van der Waals surface area contributed by atoms with Gasteiger partial charge in [-0.05, 0) is 49.9 Å². The first-order valence-electron chi connectivity index (χ1n) is 10.6. The van der Waals surface area contributed by atoms with Crippen molar-refractivity contribution in [2.45, 2.75) is 37.6 Å². The van der Waals surface area contributed by atoms with Crippen molar-refractivity contribution in [1.82, 2.24) is 9.88 Å². The van der Waals surface area contributed by atoms with E-state index in [0.717, 1.165) is 71.5 Å². The second-order valence-corrected chi connectivity index (χ2v) is 8.15. The molecule has 0 N–H and O–H groups in total. The van der Waals surface area contributed by atoms with Gasteiger partial charge in [0.2, 0.25) is 0 Å². The Bertz CT molecular complexity index is 1110. The minimum atomic E-state index is -0.00495. The molecule has 2 aliphatic rings. The number of para-hydroxylation sites is 1. The van der Waals surface area contributed by atoms with Gasteiger partial charge in [-0.1, -0.05) is 18.2 Å². The minimum Gasteiger partial charge on any atom is -0.497 e. The molecule has 2 fully saturated rings. The van der Waals surface area contributed by atoms with Crippen LogP contribution in [0.2, 0.25) is 0 Å². The maximum atomic E-state index is 13.8. The molecular weight excluding hydrogens is 376 g/mol. The van der Waals surface area contributed by atoms with E-state index < -0.39 is 0 Å². The lowest BCUT2D eigenvalue weighted by Crippen LogP contribution is -2.31. The van der Waals surface area contributed by atoms with Gasteiger partial charge in [0.1, 0.15) is 11.5 Å². The van der Waals surface area contributed by atoms with Crippen LogP contribution in [0, 0.1) is 0 Å². The Labute approximate surface area is 176 Å². The van der Waals surface area contributed by atoms with Crippen molar-refractivity contribution in [2.75, 3.05) is 20.8 Å². The molecule has 5 nitrogen and oxygen atoms in total. The van der Waals surface area contributed by atoms with Crippen molar-refractivity contribution in [1.29, 1.82) is 0 Å². The van der Waals surface area contributed by atoms with Gasteiger partial charge in [-0.2, -0.15) is 0 Å². The standard InChI is InChI=1S/C25H26N2O3/c1-29-17-11-12-19(24(14-17)30-2)23-8-5-13-27(23)25(28)20-15-22(16-9-10-16)26-21-7-4-3-6-18(20)21/h3-4,6-7,11-12,14-16,23H,5,8-10,13H2,1-2H3. The van der Waals surface area contributed by atoms with E-state index in [1.54, 1.807) is 14.2 Å². The number of ether oxygens (including phenoxy) is 2. The number of rotatable bonds is 5. The quantitative estimate of drug-likeness (QED) is 0.595. The number of hydrogen-bond acceptors (Lipinski definition) is 4. The van der Waals surface area contributed by atoms with Gasteiger partial charge in [0.15, 0.2) is 0 Å². The predicted octanol–water partition coefficient (Wildman–Crippen LogP) is 5.11. The molecule has 1 saturated heterocycles. The van der Waals surface area contributed by atoms with E-state index >= 15 is 0 Å². The fourth-order valence-corrected chi connectivity index (χ4v) is 4.54. The lowest BCUT2D eigenvalue weighted by Gasteiger charge is -2.27. The molecule has 1 aromatic heterocycles. The lowest BCUT2D eigenvalue weighted by atomic mass is 10.0. The van der Waals surface area contributed by atoms with E-state index in [4.69, 9.17) is 14.5 Å². The van der Waals surface area contributed by atoms with Crippen molar-refractivity contribution < 1.29 is 14.3 Å². The number of carbonyl (C=O) groups excluding carboxylic acids is 1. The lowest BCUT2D eigenvalue weighted by molar-refractivity contribution is 0.0736. The summed E-state index contributed by atoms with van der Waals surface area (Å²) >= 11 is 0. The number of aromatic nitrogens is 1. The zero-order valence-electron chi connectivity index (χ0n) is 17.4. The van der Waals surface area contributed by atoms with E-state index in [-0.39, 0.29) is 11.9 Å². The molecule has 1 aliphatic carbocycles. The molecule has 2 aromatic carbocycles. The zero-order valence-corrected chi connectivity index (χ0v) is 17.4. The summed E-state index contributed by atoms with van der Waals surface area (Å²) in [5.41, 5.74) is 3.75. The molecule has 154 valence electrons. The molecule has 1 amide bonds. The van der Waals surface area contributed by atoms with Crippen molar-refractivity contribution in [3.63, 3.8) is 0 Å². The average Bonchev–Trinajstić information content (AvgIpc) is 3.54. The molecule has 0 bridgehead atoms. The van der Waals surface area contributed by atoms with E-state index in [2.05, 4.69) is 0 Å². The number of methoxy groups -OCH3 is 2. The first-order chi connectivity index (χ1) is 14.7. The molecule has 0 spiro atoms. The summed E-state index contributed by atoms with van der Waals surface area (Å²) < 4.78 is 11.0. The van der Waals surface area contributed by atoms with Gasteiger partial charge >= 0.3 is 0 Å². The third-order valence-corrected chi connectivity index (χ3v) is 6.28. The van der Waals surface area contributed by atoms with Gasteiger partial charge in [0.25, 0.3) is 5.91 Å². The highest BCUT2D eigenvalue weighted by molar-refractivity contribution is 6.06. The van der Waals surface area contributed by atoms with Crippen molar-refractivity contribution in [3.05, 3.63) is 65.4 Å². The van der Waals surface area contributed by atoms with E-state index in [9.17, 15) is 4.79 Å². The number of amides is 1. The second kappa shape index (κ2) is 7.63. The number of likely N-dealkylation sites (tertiary alicyclic amines) is 1. The number of fused-ring (bicyclic) bond motifs is 1. The van der Waals surface area contributed by atoms with E-state index in [1.807, 2.05) is 53.4 Å². The van der Waals surface area contributed by atoms with Crippen molar-refractivity contribution in [3.8, 4) is 11.5 Å². The molecule has 1 unspecified atom stereocenters. The predicted molar refractivity (Wildman–Crippen MR) is 116 cm³/mol. The SMILES string of the molecule is COc1ccc(C2CCCN2C(=O)c2cc(C3CC3)nc3ccccc23)c(OC)c1. The Morgan fingerprint density at radius 3 is 2.63 bits per heavy atom.